The summed E-state index contributed by atoms with van der Waals surface area (Å²) in [7, 11) is 0. The number of hydrogen-bond donors (Lipinski definition) is 0. The lowest BCUT2D eigenvalue weighted by atomic mass is 9.78. The Morgan fingerprint density at radius 2 is 1.58 bits per heavy atom. The molecule has 0 amide bonds. The number of carboxylic acids is 1. The van der Waals surface area contributed by atoms with E-state index in [2.05, 4.69) is 4.74 Å². The highest BCUT2D eigenvalue weighted by Crippen LogP contribution is 2.59. The summed E-state index contributed by atoms with van der Waals surface area (Å²) in [6, 6.07) is 0. The molecular formula is C20H19F6O10-. The molecule has 0 radical (unpaired) electrons. The molecule has 3 aliphatic rings. The topological polar surface area (TPSA) is 145 Å². The second-order valence-corrected chi connectivity index (χ2v) is 9.59. The van der Waals surface area contributed by atoms with E-state index in [4.69, 9.17) is 14.2 Å². The lowest BCUT2D eigenvalue weighted by Gasteiger charge is -2.32. The van der Waals surface area contributed by atoms with Crippen molar-refractivity contribution in [3.05, 3.63) is 0 Å². The van der Waals surface area contributed by atoms with Crippen molar-refractivity contribution in [1.29, 1.82) is 0 Å². The third-order valence-electron chi connectivity index (χ3n) is 6.11. The van der Waals surface area contributed by atoms with E-state index in [-0.39, 0.29) is 6.42 Å². The molecule has 16 heteroatoms. The quantitative estimate of drug-likeness (QED) is 0.242. The molecule has 10 nitrogen and oxygen atoms in total. The van der Waals surface area contributed by atoms with Gasteiger partial charge in [0.05, 0.1) is 11.8 Å². The second kappa shape index (κ2) is 8.50. The van der Waals surface area contributed by atoms with E-state index in [1.54, 1.807) is 20.8 Å². The predicted octanol–water partition coefficient (Wildman–Crippen LogP) is 0.246. The zero-order valence-electron chi connectivity index (χ0n) is 18.7. The zero-order valence-corrected chi connectivity index (χ0v) is 18.7. The molecular weight excluding hydrogens is 514 g/mol. The highest BCUT2D eigenvalue weighted by atomic mass is 19.3. The summed E-state index contributed by atoms with van der Waals surface area (Å²) in [6.45, 7) is 2.95. The molecule has 0 N–H and O–H groups in total. The summed E-state index contributed by atoms with van der Waals surface area (Å²) in [5.41, 5.74) is -0.929. The Hall–Kier alpha value is -3.07. The molecule has 1 heterocycles. The van der Waals surface area contributed by atoms with Gasteiger partial charge in [0.25, 0.3) is 0 Å². The van der Waals surface area contributed by atoms with Crippen molar-refractivity contribution in [3.63, 3.8) is 0 Å². The van der Waals surface area contributed by atoms with E-state index in [9.17, 15) is 55.4 Å². The van der Waals surface area contributed by atoms with Gasteiger partial charge < -0.3 is 28.8 Å². The van der Waals surface area contributed by atoms with Crippen molar-refractivity contribution in [2.45, 2.75) is 62.8 Å². The minimum Gasteiger partial charge on any atom is -0.544 e. The third kappa shape index (κ3) is 4.23. The maximum absolute atomic E-state index is 13.6. The molecule has 202 valence electrons. The molecule has 2 aliphatic carbocycles. The highest BCUT2D eigenvalue weighted by molar-refractivity contribution is 5.87. The van der Waals surface area contributed by atoms with Crippen LogP contribution in [0.5, 0.6) is 0 Å². The van der Waals surface area contributed by atoms with Crippen LogP contribution in [0.4, 0.5) is 26.3 Å². The molecule has 0 spiro atoms. The number of alkyl halides is 6. The number of rotatable bonds is 8. The first-order valence-electron chi connectivity index (χ1n) is 10.4. The molecule has 0 aromatic carbocycles. The molecule has 6 atom stereocenters. The van der Waals surface area contributed by atoms with Crippen LogP contribution >= 0.6 is 0 Å². The van der Waals surface area contributed by atoms with Crippen LogP contribution in [0.2, 0.25) is 0 Å². The van der Waals surface area contributed by atoms with Crippen LogP contribution in [0.3, 0.4) is 0 Å². The van der Waals surface area contributed by atoms with Crippen molar-refractivity contribution < 1.29 is 74.4 Å². The van der Waals surface area contributed by atoms with Crippen molar-refractivity contribution in [2.24, 2.45) is 23.7 Å². The molecule has 1 saturated heterocycles. The first-order chi connectivity index (χ1) is 16.2. The Morgan fingerprint density at radius 3 is 2.11 bits per heavy atom. The van der Waals surface area contributed by atoms with Crippen LogP contribution in [-0.4, -0.2) is 72.0 Å². The van der Waals surface area contributed by atoms with Gasteiger partial charge in [-0.3, -0.25) is 9.59 Å². The summed E-state index contributed by atoms with van der Waals surface area (Å²) in [5.74, 6) is -33.2. The number of fused-ring (bicyclic) bond motifs is 1. The van der Waals surface area contributed by atoms with Crippen LogP contribution < -0.4 is 5.11 Å². The standard InChI is InChI=1S/C20H20F6O10/c1-17(2,3)36-14(29)10-7-4-6-9(10)13(28)35-12(6)11(7)34-8(27)5-33-16(32)19(23,24)20(25,26)18(21,22)15(30)31/h6-7,9-12H,4-5H2,1-3H3,(H,30,31)/p-1. The fraction of sp³-hybridized carbons (Fsp3) is 0.750. The number of halogens is 6. The monoisotopic (exact) mass is 533 g/mol. The Balaban J connectivity index is 1.67. The Labute approximate surface area is 198 Å². The van der Waals surface area contributed by atoms with Gasteiger partial charge in [-0.1, -0.05) is 0 Å². The van der Waals surface area contributed by atoms with E-state index in [0.717, 1.165) is 0 Å². The fourth-order valence-electron chi connectivity index (χ4n) is 4.69. The minimum absolute atomic E-state index is 0.186. The van der Waals surface area contributed by atoms with Crippen LogP contribution in [-0.2, 0) is 42.9 Å². The number of carbonyl (C=O) groups excluding carboxylic acids is 5. The number of carbonyl (C=O) groups is 5. The molecule has 1 aliphatic heterocycles. The number of aliphatic carboxylic acids is 1. The smallest absolute Gasteiger partial charge is 0.411 e. The van der Waals surface area contributed by atoms with E-state index in [1.807, 2.05) is 0 Å². The fourth-order valence-corrected chi connectivity index (χ4v) is 4.69. The first kappa shape index (κ1) is 27.5. The number of ether oxygens (including phenoxy) is 4. The second-order valence-electron chi connectivity index (χ2n) is 9.59. The lowest BCUT2D eigenvalue weighted by Crippen LogP contribution is -2.64. The van der Waals surface area contributed by atoms with Crippen LogP contribution in [0.25, 0.3) is 0 Å². The van der Waals surface area contributed by atoms with Crippen LogP contribution in [0.15, 0.2) is 0 Å². The highest BCUT2D eigenvalue weighted by Gasteiger charge is 2.76. The summed E-state index contributed by atoms with van der Waals surface area (Å²) in [6.07, 6.45) is -2.13. The van der Waals surface area contributed by atoms with Crippen molar-refractivity contribution in [1.82, 2.24) is 0 Å². The molecule has 36 heavy (non-hydrogen) atoms. The molecule has 2 bridgehead atoms. The average Bonchev–Trinajstić information content (AvgIpc) is 3.33. The van der Waals surface area contributed by atoms with Crippen molar-refractivity contribution >= 4 is 29.8 Å². The number of carboxylic acid groups (broad SMARTS) is 1. The van der Waals surface area contributed by atoms with E-state index in [0.29, 0.717) is 0 Å². The van der Waals surface area contributed by atoms with E-state index < -0.39 is 95.7 Å². The van der Waals surface area contributed by atoms with Crippen LogP contribution in [0.1, 0.15) is 27.2 Å². The largest absolute Gasteiger partial charge is 0.544 e. The van der Waals surface area contributed by atoms with Gasteiger partial charge in [-0.15, -0.1) is 0 Å². The van der Waals surface area contributed by atoms with Gasteiger partial charge >= 0.3 is 41.6 Å². The molecule has 6 unspecified atom stereocenters. The van der Waals surface area contributed by atoms with Crippen molar-refractivity contribution in [2.75, 3.05) is 6.61 Å². The van der Waals surface area contributed by atoms with Gasteiger partial charge in [0.2, 0.25) is 0 Å². The molecule has 2 saturated carbocycles. The molecule has 3 rings (SSSR count). The average molecular weight is 533 g/mol. The maximum Gasteiger partial charge on any atom is 0.411 e. The predicted molar refractivity (Wildman–Crippen MR) is 95.0 cm³/mol. The maximum atomic E-state index is 13.6. The van der Waals surface area contributed by atoms with Gasteiger partial charge in [-0.25, -0.2) is 9.59 Å². The summed E-state index contributed by atoms with van der Waals surface area (Å²) in [5, 5.41) is 10.1. The molecule has 0 aromatic rings. The van der Waals surface area contributed by atoms with Crippen molar-refractivity contribution in [3.8, 4) is 0 Å². The Bertz CT molecular complexity index is 990. The summed E-state index contributed by atoms with van der Waals surface area (Å²) in [4.78, 5) is 58.5. The number of esters is 4. The first-order valence-corrected chi connectivity index (χ1v) is 10.4. The summed E-state index contributed by atoms with van der Waals surface area (Å²) < 4.78 is 99.1. The minimum atomic E-state index is -6.77. The molecule has 3 fully saturated rings. The zero-order chi connectivity index (χ0) is 27.6. The Kier molecular flexibility index (Phi) is 6.50. The molecule has 0 aromatic heterocycles. The Morgan fingerprint density at radius 1 is 1.00 bits per heavy atom. The van der Waals surface area contributed by atoms with Gasteiger partial charge in [0.15, 0.2) is 6.61 Å². The van der Waals surface area contributed by atoms with Crippen LogP contribution in [0, 0.1) is 23.7 Å². The summed E-state index contributed by atoms with van der Waals surface area (Å²) >= 11 is 0. The number of hydrogen-bond acceptors (Lipinski definition) is 10. The van der Waals surface area contributed by atoms with Gasteiger partial charge in [0, 0.05) is 11.8 Å². The van der Waals surface area contributed by atoms with Gasteiger partial charge in [-0.2, -0.15) is 26.3 Å². The van der Waals surface area contributed by atoms with Gasteiger partial charge in [0.1, 0.15) is 23.8 Å². The lowest BCUT2D eigenvalue weighted by molar-refractivity contribution is -0.366. The third-order valence-corrected chi connectivity index (χ3v) is 6.11. The van der Waals surface area contributed by atoms with E-state index in [1.165, 1.54) is 0 Å². The van der Waals surface area contributed by atoms with E-state index >= 15 is 0 Å². The normalized spacial score (nSPS) is 29.5. The van der Waals surface area contributed by atoms with Gasteiger partial charge in [-0.05, 0) is 27.2 Å². The SMILES string of the molecule is CC(C)(C)OC(=O)C1C2CC3C(OC(=O)C31)C2OC(=O)COC(=O)C(F)(F)C(F)(F)C(F)(F)C(=O)[O-].